The lowest BCUT2D eigenvalue weighted by molar-refractivity contribution is -0.107. The van der Waals surface area contributed by atoms with Crippen molar-refractivity contribution in [2.45, 2.75) is 36.5 Å². The van der Waals surface area contributed by atoms with Gasteiger partial charge in [0.1, 0.15) is 0 Å². The summed E-state index contributed by atoms with van der Waals surface area (Å²) in [4.78, 5) is 2.60. The smallest absolute Gasteiger partial charge is 0.179 e. The number of likely N-dealkylation sites (tertiary alicyclic amines) is 1. The van der Waals surface area contributed by atoms with Crippen molar-refractivity contribution in [2.75, 3.05) is 32.1 Å². The number of rotatable bonds is 5. The van der Waals surface area contributed by atoms with Gasteiger partial charge in [-0.15, -0.1) is 0 Å². The second-order valence-electron chi connectivity index (χ2n) is 5.98. The van der Waals surface area contributed by atoms with E-state index in [1.807, 2.05) is 0 Å². The molecule has 0 aliphatic carbocycles. The van der Waals surface area contributed by atoms with E-state index in [0.717, 1.165) is 30.3 Å². The molecule has 128 valence electrons. The van der Waals surface area contributed by atoms with Gasteiger partial charge in [0.15, 0.2) is 16.1 Å². The minimum absolute atomic E-state index is 0.123. The summed E-state index contributed by atoms with van der Waals surface area (Å²) in [5, 5.41) is 0. The second kappa shape index (κ2) is 7.61. The lowest BCUT2D eigenvalue weighted by atomic mass is 10.0. The molecular weight excluding hydrogens is 382 g/mol. The summed E-state index contributed by atoms with van der Waals surface area (Å²) in [6.45, 7) is 2.69. The number of benzene rings is 1. The fraction of sp³-hybridized carbons (Fsp3) is 0.625. The maximum atomic E-state index is 12.5. The van der Waals surface area contributed by atoms with Crippen LogP contribution in [0.15, 0.2) is 33.6 Å². The molecule has 1 atom stereocenters. The van der Waals surface area contributed by atoms with Gasteiger partial charge in [-0.25, -0.2) is 8.42 Å². The van der Waals surface area contributed by atoms with Crippen LogP contribution in [-0.2, 0) is 19.3 Å². The van der Waals surface area contributed by atoms with Crippen LogP contribution in [0.5, 0.6) is 0 Å². The third-order valence-electron chi connectivity index (χ3n) is 4.45. The first-order valence-electron chi connectivity index (χ1n) is 8.02. The first kappa shape index (κ1) is 17.4. The highest BCUT2D eigenvalue weighted by atomic mass is 79.9. The number of piperidine rings is 1. The van der Waals surface area contributed by atoms with Crippen LogP contribution in [0.2, 0.25) is 0 Å². The molecule has 1 aromatic rings. The van der Waals surface area contributed by atoms with Crippen LogP contribution in [0.1, 0.15) is 19.3 Å². The summed E-state index contributed by atoms with van der Waals surface area (Å²) < 4.78 is 37.2. The Morgan fingerprint density at radius 2 is 1.83 bits per heavy atom. The van der Waals surface area contributed by atoms with Crippen molar-refractivity contribution < 1.29 is 17.9 Å². The molecule has 0 bridgehead atoms. The minimum atomic E-state index is -3.27. The Bertz CT molecular complexity index is 613. The van der Waals surface area contributed by atoms with Gasteiger partial charge in [0.2, 0.25) is 0 Å². The minimum Gasteiger partial charge on any atom is -0.349 e. The van der Waals surface area contributed by atoms with Gasteiger partial charge in [-0.3, -0.25) is 4.90 Å². The van der Waals surface area contributed by atoms with Crippen LogP contribution < -0.4 is 0 Å². The molecule has 3 rings (SSSR count). The summed E-state index contributed by atoms with van der Waals surface area (Å²) in [6, 6.07) is 6.99. The Balaban J connectivity index is 1.64. The van der Waals surface area contributed by atoms with Crippen LogP contribution in [0.4, 0.5) is 0 Å². The summed E-state index contributed by atoms with van der Waals surface area (Å²) in [5.41, 5.74) is 0. The Kier molecular flexibility index (Phi) is 5.74. The predicted octanol–water partition coefficient (Wildman–Crippen LogP) is 2.45. The maximum Gasteiger partial charge on any atom is 0.179 e. The second-order valence-corrected chi connectivity index (χ2v) is 9.01. The quantitative estimate of drug-likeness (QED) is 0.755. The Hall–Kier alpha value is -0.470. The van der Waals surface area contributed by atoms with E-state index >= 15 is 0 Å². The van der Waals surface area contributed by atoms with Crippen LogP contribution >= 0.6 is 15.9 Å². The molecule has 1 aromatic carbocycles. The molecule has 0 saturated carbocycles. The molecule has 2 saturated heterocycles. The first-order chi connectivity index (χ1) is 11.1. The summed E-state index contributed by atoms with van der Waals surface area (Å²) in [5.74, 6) is 0.123. The number of sulfone groups is 1. The summed E-state index contributed by atoms with van der Waals surface area (Å²) in [6.07, 6.45) is 3.04. The zero-order chi connectivity index (χ0) is 16.3. The van der Waals surface area contributed by atoms with Crippen molar-refractivity contribution in [1.29, 1.82) is 0 Å². The maximum absolute atomic E-state index is 12.5. The zero-order valence-corrected chi connectivity index (χ0v) is 15.4. The Morgan fingerprint density at radius 3 is 2.52 bits per heavy atom. The first-order valence-corrected chi connectivity index (χ1v) is 10.5. The number of halogens is 1. The van der Waals surface area contributed by atoms with Gasteiger partial charge in [-0.2, -0.15) is 0 Å². The van der Waals surface area contributed by atoms with Gasteiger partial charge in [0.25, 0.3) is 0 Å². The molecule has 0 N–H and O–H groups in total. The van der Waals surface area contributed by atoms with Crippen molar-refractivity contribution in [3.63, 3.8) is 0 Å². The summed E-state index contributed by atoms with van der Waals surface area (Å²) in [7, 11) is -3.27. The number of hydrogen-bond acceptors (Lipinski definition) is 5. The van der Waals surface area contributed by atoms with Crippen molar-refractivity contribution >= 4 is 25.8 Å². The standard InChI is InChI=1S/C16H22BrNO4S/c17-13-4-6-14(7-5-13)23(19,20)12-9-18-8-2-1-3-15(18)16-21-10-11-22-16/h4-7,15-16H,1-3,8-12H2. The van der Waals surface area contributed by atoms with E-state index in [4.69, 9.17) is 9.47 Å². The number of ether oxygens (including phenoxy) is 2. The van der Waals surface area contributed by atoms with Gasteiger partial charge in [-0.05, 0) is 43.7 Å². The van der Waals surface area contributed by atoms with Crippen molar-refractivity contribution in [1.82, 2.24) is 4.90 Å². The summed E-state index contributed by atoms with van der Waals surface area (Å²) >= 11 is 3.33. The molecule has 2 aliphatic rings. The molecule has 0 aromatic heterocycles. The van der Waals surface area contributed by atoms with Crippen molar-refractivity contribution in [3.8, 4) is 0 Å². The van der Waals surface area contributed by atoms with E-state index in [-0.39, 0.29) is 18.1 Å². The molecule has 2 aliphatic heterocycles. The average molecular weight is 404 g/mol. The topological polar surface area (TPSA) is 55.8 Å². The lowest BCUT2D eigenvalue weighted by Gasteiger charge is -2.37. The highest BCUT2D eigenvalue weighted by molar-refractivity contribution is 9.10. The van der Waals surface area contributed by atoms with Crippen LogP contribution in [0.25, 0.3) is 0 Å². The van der Waals surface area contributed by atoms with E-state index in [2.05, 4.69) is 20.8 Å². The van der Waals surface area contributed by atoms with Gasteiger partial charge >= 0.3 is 0 Å². The average Bonchev–Trinajstić information content (AvgIpc) is 3.08. The van der Waals surface area contributed by atoms with Gasteiger partial charge in [0.05, 0.1) is 29.9 Å². The van der Waals surface area contributed by atoms with Crippen LogP contribution in [-0.4, -0.2) is 57.7 Å². The number of hydrogen-bond donors (Lipinski definition) is 0. The van der Waals surface area contributed by atoms with E-state index < -0.39 is 9.84 Å². The van der Waals surface area contributed by atoms with Gasteiger partial charge in [-0.1, -0.05) is 22.4 Å². The van der Waals surface area contributed by atoms with Crippen LogP contribution in [0.3, 0.4) is 0 Å². The van der Waals surface area contributed by atoms with Gasteiger partial charge in [0, 0.05) is 11.0 Å². The normalized spacial score (nSPS) is 24.1. The molecule has 7 heteroatoms. The SMILES string of the molecule is O=S(=O)(CCN1CCCCC1C1OCCO1)c1ccc(Br)cc1. The largest absolute Gasteiger partial charge is 0.349 e. The molecule has 2 fully saturated rings. The molecule has 23 heavy (non-hydrogen) atoms. The van der Waals surface area contributed by atoms with E-state index in [1.54, 1.807) is 24.3 Å². The predicted molar refractivity (Wildman–Crippen MR) is 91.1 cm³/mol. The molecule has 0 radical (unpaired) electrons. The van der Waals surface area contributed by atoms with Crippen molar-refractivity contribution in [3.05, 3.63) is 28.7 Å². The lowest BCUT2D eigenvalue weighted by Crippen LogP contribution is -2.48. The third kappa shape index (κ3) is 4.33. The fourth-order valence-corrected chi connectivity index (χ4v) is 4.72. The van der Waals surface area contributed by atoms with Crippen molar-refractivity contribution in [2.24, 2.45) is 0 Å². The third-order valence-corrected chi connectivity index (χ3v) is 6.69. The van der Waals surface area contributed by atoms with Crippen LogP contribution in [0, 0.1) is 0 Å². The Morgan fingerprint density at radius 1 is 1.13 bits per heavy atom. The number of nitrogens with zero attached hydrogens (tertiary/aromatic N) is 1. The molecule has 5 nitrogen and oxygen atoms in total. The highest BCUT2D eigenvalue weighted by Crippen LogP contribution is 2.25. The van der Waals surface area contributed by atoms with E-state index in [9.17, 15) is 8.42 Å². The Labute approximate surface area is 146 Å². The van der Waals surface area contributed by atoms with E-state index in [0.29, 0.717) is 24.7 Å². The molecule has 2 heterocycles. The monoisotopic (exact) mass is 403 g/mol. The zero-order valence-electron chi connectivity index (χ0n) is 13.0. The fourth-order valence-electron chi connectivity index (χ4n) is 3.20. The molecular formula is C16H22BrNO4S. The highest BCUT2D eigenvalue weighted by Gasteiger charge is 2.34. The molecule has 0 spiro atoms. The van der Waals surface area contributed by atoms with E-state index in [1.165, 1.54) is 0 Å². The molecule has 0 amide bonds. The molecule has 1 unspecified atom stereocenters. The van der Waals surface area contributed by atoms with Gasteiger partial charge < -0.3 is 9.47 Å².